The van der Waals surface area contributed by atoms with Crippen molar-refractivity contribution in [2.24, 2.45) is 9.63 Å². The maximum atomic E-state index is 12.3. The summed E-state index contributed by atoms with van der Waals surface area (Å²) in [5, 5.41) is 4.19. The van der Waals surface area contributed by atoms with Gasteiger partial charge < -0.3 is 0 Å². The third-order valence-corrected chi connectivity index (χ3v) is 9.08. The highest BCUT2D eigenvalue weighted by molar-refractivity contribution is 14.1. The molecule has 0 radical (unpaired) electrons. The Labute approximate surface area is 271 Å². The molecule has 1 aromatic carbocycles. The summed E-state index contributed by atoms with van der Waals surface area (Å²) in [4.78, 5) is 12.9. The molecule has 3 aromatic rings. The van der Waals surface area contributed by atoms with Gasteiger partial charge in [-0.3, -0.25) is 0 Å². The van der Waals surface area contributed by atoms with Gasteiger partial charge in [-0.25, -0.2) is 18.4 Å². The molecule has 10 nitrogen and oxygen atoms in total. The van der Waals surface area contributed by atoms with E-state index in [1.165, 1.54) is 0 Å². The molecule has 2 aromatic heterocycles. The molecule has 0 saturated heterocycles. The van der Waals surface area contributed by atoms with Crippen LogP contribution in [0.15, 0.2) is 57.3 Å². The van der Waals surface area contributed by atoms with E-state index in [1.54, 1.807) is 18.5 Å². The molecule has 0 amide bonds. The van der Waals surface area contributed by atoms with Gasteiger partial charge in [0.15, 0.2) is 0 Å². The van der Waals surface area contributed by atoms with Gasteiger partial charge in [0.25, 0.3) is 10.0 Å². The maximum absolute atomic E-state index is 12.3. The number of aromatic nitrogens is 2. The fraction of sp³-hybridized carbons (Fsp3) is 0.360. The molecule has 2 heterocycles. The predicted octanol–water partition coefficient (Wildman–Crippen LogP) is 10.7. The Kier molecular flexibility index (Phi) is 15.5. The van der Waals surface area contributed by atoms with Crippen molar-refractivity contribution >= 4 is 84.1 Å². The van der Waals surface area contributed by atoms with Crippen LogP contribution in [0.5, 0.6) is 0 Å². The predicted molar refractivity (Wildman–Crippen MR) is 178 cm³/mol. The molecule has 0 spiro atoms. The van der Waals surface area contributed by atoms with E-state index in [9.17, 15) is 8.42 Å². The summed E-state index contributed by atoms with van der Waals surface area (Å²) >= 11 is 15.4. The zero-order chi connectivity index (χ0) is 30.6. The van der Waals surface area contributed by atoms with Crippen LogP contribution in [0.25, 0.3) is 20.9 Å². The lowest BCUT2D eigenvalue weighted by atomic mass is 9.89. The van der Waals surface area contributed by atoms with Crippen LogP contribution in [0, 0.1) is 7.14 Å². The van der Waals surface area contributed by atoms with Gasteiger partial charge in [0.1, 0.15) is 10.3 Å². The average molecular weight is 829 g/mol. The molecule has 0 aliphatic heterocycles. The molecular weight excluding hydrogens is 801 g/mol. The summed E-state index contributed by atoms with van der Waals surface area (Å²) in [6, 6.07) is 9.32. The fourth-order valence-electron chi connectivity index (χ4n) is 3.18. The van der Waals surface area contributed by atoms with Crippen molar-refractivity contribution < 1.29 is 8.42 Å². The second-order valence-corrected chi connectivity index (χ2v) is 13.6. The molecule has 0 N–H and O–H groups in total. The quantitative estimate of drug-likeness (QED) is 0.0796. The zero-order valence-corrected chi connectivity index (χ0v) is 29.2. The number of halogens is 4. The second kappa shape index (κ2) is 17.2. The summed E-state index contributed by atoms with van der Waals surface area (Å²) in [5.41, 5.74) is 19.6. The molecule has 0 bridgehead atoms. The maximum Gasteiger partial charge on any atom is 0.264 e. The van der Waals surface area contributed by atoms with Crippen molar-refractivity contribution in [1.29, 1.82) is 0 Å². The Morgan fingerprint density at radius 2 is 1.38 bits per heavy atom. The lowest BCUT2D eigenvalue weighted by Crippen LogP contribution is -2.10. The normalized spacial score (nSPS) is 10.6. The molecule has 214 valence electrons. The fourth-order valence-corrected chi connectivity index (χ4v) is 5.89. The molecule has 0 fully saturated rings. The number of nitrogens with zero attached hydrogens (tertiary/aromatic N) is 8. The van der Waals surface area contributed by atoms with Crippen molar-refractivity contribution in [3.8, 4) is 0 Å². The first kappa shape index (κ1) is 36.2. The standard InChI is InChI=1S/C15H23N3O2S.C5H2ClIN4.C5H3ClIN/c1-9(2)12-7-13(10(3)4)15(14(8-12)11(5)6)21(19,20)18-17-16;6-5-4(10-11-8)3(7)1-2-9-5;6-5-4(7)2-1-3-8-5/h7-11H,1-6H3;1-2H;1-3H. The SMILES string of the molecule is CC(C)c1cc(C(C)C)c(S(=O)(=O)N=[N+]=[N-])c(C(C)C)c1.Clc1ncccc1I.[N-]=[N+]=Nc1c(I)ccnc1Cl. The number of rotatable bonds is 6. The van der Waals surface area contributed by atoms with Crippen molar-refractivity contribution in [1.82, 2.24) is 9.97 Å². The lowest BCUT2D eigenvalue weighted by molar-refractivity contribution is 0.592. The van der Waals surface area contributed by atoms with E-state index < -0.39 is 10.0 Å². The van der Waals surface area contributed by atoms with Crippen LogP contribution in [-0.2, 0) is 10.0 Å². The number of sulfonamides is 1. The highest BCUT2D eigenvalue weighted by Crippen LogP contribution is 2.36. The Morgan fingerprint density at radius 3 is 1.75 bits per heavy atom. The Morgan fingerprint density at radius 1 is 0.825 bits per heavy atom. The molecule has 0 atom stereocenters. The largest absolute Gasteiger partial charge is 0.264 e. The highest BCUT2D eigenvalue weighted by Gasteiger charge is 2.26. The third-order valence-electron chi connectivity index (χ3n) is 5.17. The number of azide groups is 2. The molecule has 0 aliphatic rings. The smallest absolute Gasteiger partial charge is 0.244 e. The minimum atomic E-state index is -4.00. The van der Waals surface area contributed by atoms with Gasteiger partial charge in [-0.15, -0.1) is 0 Å². The first-order valence-electron chi connectivity index (χ1n) is 11.8. The van der Waals surface area contributed by atoms with E-state index in [0.717, 1.165) is 23.8 Å². The molecule has 15 heteroatoms. The highest BCUT2D eigenvalue weighted by atomic mass is 127. The van der Waals surface area contributed by atoms with Gasteiger partial charge in [-0.1, -0.05) is 82.0 Å². The van der Waals surface area contributed by atoms with Crippen LogP contribution < -0.4 is 0 Å². The molecular formula is C25H28Cl2I2N8O2S. The van der Waals surface area contributed by atoms with Gasteiger partial charge in [-0.05, 0) is 109 Å². The molecule has 0 aliphatic carbocycles. The van der Waals surface area contributed by atoms with Gasteiger partial charge in [0.2, 0.25) is 0 Å². The molecule has 0 unspecified atom stereocenters. The Hall–Kier alpha value is -1.87. The van der Waals surface area contributed by atoms with Crippen LogP contribution >= 0.6 is 68.4 Å². The molecule has 40 heavy (non-hydrogen) atoms. The van der Waals surface area contributed by atoms with Crippen molar-refractivity contribution in [2.45, 2.75) is 64.2 Å². The van der Waals surface area contributed by atoms with Crippen LogP contribution in [-0.4, -0.2) is 18.4 Å². The Bertz CT molecular complexity index is 1450. The summed E-state index contributed by atoms with van der Waals surface area (Å²) in [7, 11) is -4.00. The minimum Gasteiger partial charge on any atom is -0.244 e. The van der Waals surface area contributed by atoms with Crippen LogP contribution in [0.3, 0.4) is 0 Å². The monoisotopic (exact) mass is 828 g/mol. The van der Waals surface area contributed by atoms with Crippen molar-refractivity contribution in [3.63, 3.8) is 0 Å². The van der Waals surface area contributed by atoms with Crippen molar-refractivity contribution in [3.05, 3.63) is 97.7 Å². The van der Waals surface area contributed by atoms with E-state index in [2.05, 4.69) is 65.9 Å². The zero-order valence-electron chi connectivity index (χ0n) is 22.6. The van der Waals surface area contributed by atoms with Crippen molar-refractivity contribution in [2.75, 3.05) is 0 Å². The van der Waals surface area contributed by atoms with Crippen LogP contribution in [0.2, 0.25) is 10.3 Å². The second-order valence-electron chi connectivity index (χ2n) is 9.04. The summed E-state index contributed by atoms with van der Waals surface area (Å²) < 4.78 is 29.5. The Balaban J connectivity index is 0.000000347. The minimum absolute atomic E-state index is 0.0277. The van der Waals surface area contributed by atoms with Crippen LogP contribution in [0.4, 0.5) is 5.69 Å². The van der Waals surface area contributed by atoms with E-state index >= 15 is 0 Å². The van der Waals surface area contributed by atoms with Gasteiger partial charge in [0.05, 0.1) is 14.2 Å². The van der Waals surface area contributed by atoms with E-state index in [4.69, 9.17) is 34.3 Å². The van der Waals surface area contributed by atoms with E-state index in [0.29, 0.717) is 16.8 Å². The summed E-state index contributed by atoms with van der Waals surface area (Å²) in [6.07, 6.45) is 3.23. The topological polar surface area (TPSA) is 157 Å². The van der Waals surface area contributed by atoms with Crippen LogP contribution in [0.1, 0.15) is 76.0 Å². The van der Waals surface area contributed by atoms with Gasteiger partial charge in [0, 0.05) is 30.3 Å². The number of benzene rings is 1. The van der Waals surface area contributed by atoms with E-state index in [1.807, 2.05) is 74.6 Å². The van der Waals surface area contributed by atoms with Gasteiger partial charge in [-0.2, -0.15) is 0 Å². The first-order chi connectivity index (χ1) is 18.7. The number of pyridine rings is 2. The first-order valence-corrected chi connectivity index (χ1v) is 16.1. The number of hydrogen-bond donors (Lipinski definition) is 0. The molecule has 0 saturated carbocycles. The van der Waals surface area contributed by atoms with Gasteiger partial charge >= 0.3 is 0 Å². The summed E-state index contributed by atoms with van der Waals surface area (Å²) in [5.74, 6) is 0.357. The lowest BCUT2D eigenvalue weighted by Gasteiger charge is -2.21. The number of hydrogen-bond acceptors (Lipinski definition) is 5. The third kappa shape index (κ3) is 10.8. The average Bonchev–Trinajstić information content (AvgIpc) is 2.88. The van der Waals surface area contributed by atoms with E-state index in [-0.39, 0.29) is 21.9 Å². The summed E-state index contributed by atoms with van der Waals surface area (Å²) in [6.45, 7) is 11.9. The molecule has 3 rings (SSSR count).